The van der Waals surface area contributed by atoms with Crippen LogP contribution in [0.2, 0.25) is 0 Å². The summed E-state index contributed by atoms with van der Waals surface area (Å²) in [6, 6.07) is 1.33. The zero-order chi connectivity index (χ0) is 6.85. The van der Waals surface area contributed by atoms with Crippen LogP contribution in [0.3, 0.4) is 0 Å². The Labute approximate surface area is 57.2 Å². The quantitative estimate of drug-likeness (QED) is 0.504. The Morgan fingerprint density at radius 3 is 2.00 bits per heavy atom. The smallest absolute Gasteiger partial charge is 0.0169 e. The summed E-state index contributed by atoms with van der Waals surface area (Å²) in [5.74, 6) is 0. The molecule has 2 nitrogen and oxygen atoms in total. The molecule has 0 unspecified atom stereocenters. The minimum Gasteiger partial charge on any atom is -0.309 e. The summed E-state index contributed by atoms with van der Waals surface area (Å²) < 4.78 is 0. The predicted molar refractivity (Wildman–Crippen MR) is 39.6 cm³/mol. The van der Waals surface area contributed by atoms with Crippen molar-refractivity contribution in [2.45, 2.75) is 25.9 Å². The van der Waals surface area contributed by atoms with Crippen molar-refractivity contribution in [2.24, 2.45) is 0 Å². The van der Waals surface area contributed by atoms with Gasteiger partial charge in [-0.1, -0.05) is 0 Å². The Morgan fingerprint density at radius 2 is 1.67 bits per heavy atom. The van der Waals surface area contributed by atoms with Crippen LogP contribution in [0.25, 0.3) is 0 Å². The fourth-order valence-electron chi connectivity index (χ4n) is 1.60. The van der Waals surface area contributed by atoms with E-state index in [1.807, 2.05) is 0 Å². The SMILES string of the molecule is C[C@@H]1CN(C)C[C@H](C)N1. The largest absolute Gasteiger partial charge is 0.309 e. The van der Waals surface area contributed by atoms with E-state index in [9.17, 15) is 0 Å². The first-order chi connectivity index (χ1) is 4.18. The molecule has 2 atom stereocenters. The first-order valence-electron chi connectivity index (χ1n) is 3.63. The van der Waals surface area contributed by atoms with Crippen molar-refractivity contribution >= 4 is 0 Å². The number of nitrogens with one attached hydrogen (secondary N) is 1. The molecule has 1 fully saturated rings. The minimum atomic E-state index is 0.666. The predicted octanol–water partition coefficient (Wildman–Crippen LogP) is 0.298. The van der Waals surface area contributed by atoms with Gasteiger partial charge in [-0.05, 0) is 20.9 Å². The molecule has 2 heteroatoms. The molecule has 0 aromatic rings. The van der Waals surface area contributed by atoms with Gasteiger partial charge in [0, 0.05) is 25.2 Å². The third-order valence-corrected chi connectivity index (χ3v) is 1.74. The molecule has 1 aliphatic rings. The van der Waals surface area contributed by atoms with Gasteiger partial charge < -0.3 is 10.2 Å². The molecule has 0 aliphatic carbocycles. The van der Waals surface area contributed by atoms with Crippen molar-refractivity contribution in [1.29, 1.82) is 0 Å². The second kappa shape index (κ2) is 2.67. The molecule has 0 amide bonds. The number of nitrogens with zero attached hydrogens (tertiary/aromatic N) is 1. The number of hydrogen-bond acceptors (Lipinski definition) is 2. The molecule has 0 bridgehead atoms. The number of rotatable bonds is 0. The fourth-order valence-corrected chi connectivity index (χ4v) is 1.60. The molecule has 9 heavy (non-hydrogen) atoms. The second-order valence-electron chi connectivity index (χ2n) is 3.19. The van der Waals surface area contributed by atoms with Gasteiger partial charge in [0.1, 0.15) is 0 Å². The van der Waals surface area contributed by atoms with Gasteiger partial charge in [0.15, 0.2) is 0 Å². The van der Waals surface area contributed by atoms with Crippen LogP contribution in [-0.4, -0.2) is 37.1 Å². The molecule has 0 aromatic heterocycles. The molecule has 1 heterocycles. The standard InChI is InChI=1S/C7H16N2/c1-6-4-9(3)5-7(2)8-6/h6-8H,4-5H2,1-3H3/t6-,7+. The summed E-state index contributed by atoms with van der Waals surface area (Å²) in [6.45, 7) is 6.83. The lowest BCUT2D eigenvalue weighted by atomic mass is 10.2. The maximum atomic E-state index is 3.47. The van der Waals surface area contributed by atoms with E-state index in [-0.39, 0.29) is 0 Å². The second-order valence-corrected chi connectivity index (χ2v) is 3.19. The zero-order valence-electron chi connectivity index (χ0n) is 6.52. The van der Waals surface area contributed by atoms with Crippen LogP contribution in [0.1, 0.15) is 13.8 Å². The van der Waals surface area contributed by atoms with Gasteiger partial charge in [-0.25, -0.2) is 0 Å². The Hall–Kier alpha value is -0.0800. The van der Waals surface area contributed by atoms with Gasteiger partial charge in [-0.3, -0.25) is 0 Å². The monoisotopic (exact) mass is 128 g/mol. The molecule has 0 spiro atoms. The molecule has 0 radical (unpaired) electrons. The highest BCUT2D eigenvalue weighted by molar-refractivity contribution is 4.78. The maximum Gasteiger partial charge on any atom is 0.0169 e. The van der Waals surface area contributed by atoms with E-state index in [1.54, 1.807) is 0 Å². The molecule has 54 valence electrons. The van der Waals surface area contributed by atoms with Crippen molar-refractivity contribution in [3.8, 4) is 0 Å². The van der Waals surface area contributed by atoms with Crippen molar-refractivity contribution in [1.82, 2.24) is 10.2 Å². The van der Waals surface area contributed by atoms with Gasteiger partial charge in [0.05, 0.1) is 0 Å². The average Bonchev–Trinajstić information content (AvgIpc) is 1.59. The van der Waals surface area contributed by atoms with Gasteiger partial charge in [-0.15, -0.1) is 0 Å². The zero-order valence-corrected chi connectivity index (χ0v) is 6.52. The lowest BCUT2D eigenvalue weighted by Gasteiger charge is -2.33. The van der Waals surface area contributed by atoms with E-state index in [0.29, 0.717) is 12.1 Å². The summed E-state index contributed by atoms with van der Waals surface area (Å²) in [4.78, 5) is 2.37. The molecule has 1 N–H and O–H groups in total. The van der Waals surface area contributed by atoms with Crippen LogP contribution in [0.5, 0.6) is 0 Å². The Kier molecular flexibility index (Phi) is 2.09. The first-order valence-corrected chi connectivity index (χ1v) is 3.63. The lowest BCUT2D eigenvalue weighted by molar-refractivity contribution is 0.208. The normalized spacial score (nSPS) is 39.0. The van der Waals surface area contributed by atoms with Crippen LogP contribution in [-0.2, 0) is 0 Å². The third-order valence-electron chi connectivity index (χ3n) is 1.74. The van der Waals surface area contributed by atoms with Gasteiger partial charge in [0.25, 0.3) is 0 Å². The highest BCUT2D eigenvalue weighted by Gasteiger charge is 2.16. The molecular weight excluding hydrogens is 112 g/mol. The topological polar surface area (TPSA) is 15.3 Å². The van der Waals surface area contributed by atoms with Gasteiger partial charge in [-0.2, -0.15) is 0 Å². The Morgan fingerprint density at radius 1 is 1.22 bits per heavy atom. The van der Waals surface area contributed by atoms with Crippen molar-refractivity contribution in [2.75, 3.05) is 20.1 Å². The van der Waals surface area contributed by atoms with Gasteiger partial charge >= 0.3 is 0 Å². The summed E-state index contributed by atoms with van der Waals surface area (Å²) in [7, 11) is 2.17. The highest BCUT2D eigenvalue weighted by atomic mass is 15.2. The number of likely N-dealkylation sites (N-methyl/N-ethyl adjacent to an activating group) is 1. The van der Waals surface area contributed by atoms with E-state index >= 15 is 0 Å². The molecule has 1 aliphatic heterocycles. The van der Waals surface area contributed by atoms with Crippen LogP contribution in [0.15, 0.2) is 0 Å². The molecule has 1 saturated heterocycles. The molecule has 0 aromatic carbocycles. The van der Waals surface area contributed by atoms with E-state index in [0.717, 1.165) is 0 Å². The summed E-state index contributed by atoms with van der Waals surface area (Å²) in [5, 5.41) is 3.47. The Bertz CT molecular complexity index is 67.9. The van der Waals surface area contributed by atoms with E-state index < -0.39 is 0 Å². The van der Waals surface area contributed by atoms with Crippen molar-refractivity contribution < 1.29 is 0 Å². The molecule has 1 rings (SSSR count). The van der Waals surface area contributed by atoms with Crippen molar-refractivity contribution in [3.05, 3.63) is 0 Å². The summed E-state index contributed by atoms with van der Waals surface area (Å²) in [5.41, 5.74) is 0. The fraction of sp³-hybridized carbons (Fsp3) is 1.00. The average molecular weight is 128 g/mol. The molecular formula is C7H16N2. The van der Waals surface area contributed by atoms with Crippen molar-refractivity contribution in [3.63, 3.8) is 0 Å². The number of hydrogen-bond donors (Lipinski definition) is 1. The maximum absolute atomic E-state index is 3.47. The summed E-state index contributed by atoms with van der Waals surface area (Å²) >= 11 is 0. The van der Waals surface area contributed by atoms with E-state index in [4.69, 9.17) is 0 Å². The van der Waals surface area contributed by atoms with Crippen LogP contribution >= 0.6 is 0 Å². The van der Waals surface area contributed by atoms with Crippen LogP contribution in [0.4, 0.5) is 0 Å². The highest BCUT2D eigenvalue weighted by Crippen LogP contribution is 1.99. The van der Waals surface area contributed by atoms with Crippen LogP contribution in [0, 0.1) is 0 Å². The lowest BCUT2D eigenvalue weighted by Crippen LogP contribution is -2.52. The molecule has 0 saturated carbocycles. The number of piperazine rings is 1. The van der Waals surface area contributed by atoms with E-state index in [1.165, 1.54) is 13.1 Å². The van der Waals surface area contributed by atoms with Crippen LogP contribution < -0.4 is 5.32 Å². The first kappa shape index (κ1) is 7.03. The minimum absolute atomic E-state index is 0.666. The Balaban J connectivity index is 2.34. The van der Waals surface area contributed by atoms with Gasteiger partial charge in [0.2, 0.25) is 0 Å². The third kappa shape index (κ3) is 1.95. The summed E-state index contributed by atoms with van der Waals surface area (Å²) in [6.07, 6.45) is 0. The van der Waals surface area contributed by atoms with E-state index in [2.05, 4.69) is 31.1 Å².